The van der Waals surface area contributed by atoms with Crippen molar-refractivity contribution < 1.29 is 28.3 Å². The van der Waals surface area contributed by atoms with Crippen LogP contribution >= 0.6 is 0 Å². The van der Waals surface area contributed by atoms with Crippen LogP contribution in [0.3, 0.4) is 0 Å². The molecule has 1 heterocycles. The van der Waals surface area contributed by atoms with Crippen molar-refractivity contribution in [3.05, 3.63) is 30.1 Å². The minimum Gasteiger partial charge on any atom is -0.454 e. The number of amides is 4. The molecule has 0 saturated carbocycles. The second-order valence-corrected chi connectivity index (χ2v) is 7.30. The number of nitrogens with one attached hydrogen (secondary N) is 2. The van der Waals surface area contributed by atoms with Gasteiger partial charge in [-0.25, -0.2) is 9.18 Å². The molecule has 2 N–H and O–H groups in total. The van der Waals surface area contributed by atoms with Crippen molar-refractivity contribution >= 4 is 29.5 Å². The van der Waals surface area contributed by atoms with Crippen LogP contribution in [0.4, 0.5) is 14.9 Å². The summed E-state index contributed by atoms with van der Waals surface area (Å²) in [7, 11) is 0. The fraction of sp³-hybridized carbons (Fsp3) is 0.474. The van der Waals surface area contributed by atoms with Crippen molar-refractivity contribution in [1.29, 1.82) is 0 Å². The van der Waals surface area contributed by atoms with Gasteiger partial charge in [-0.05, 0) is 49.9 Å². The Labute approximate surface area is 162 Å². The highest BCUT2D eigenvalue weighted by Crippen LogP contribution is 2.24. The van der Waals surface area contributed by atoms with Crippen LogP contribution < -0.4 is 10.6 Å². The minimum absolute atomic E-state index is 0.345. The van der Waals surface area contributed by atoms with Gasteiger partial charge in [0.05, 0.1) is 0 Å². The molecular formula is C19H24FN3O5. The number of halogens is 1. The van der Waals surface area contributed by atoms with Crippen LogP contribution in [0.25, 0.3) is 0 Å². The SMILES string of the molecule is CC(C)CC[C@]1(C)NC(=O)N(CC(=O)OCC(=O)Nc2ccc(F)cc2)C1=O. The monoisotopic (exact) mass is 393 g/mol. The minimum atomic E-state index is -1.05. The highest BCUT2D eigenvalue weighted by molar-refractivity contribution is 6.08. The number of carbonyl (C=O) groups excluding carboxylic acids is 4. The van der Waals surface area contributed by atoms with E-state index in [1.807, 2.05) is 13.8 Å². The quantitative estimate of drug-likeness (QED) is 0.520. The molecule has 0 unspecified atom stereocenters. The molecule has 8 nitrogen and oxygen atoms in total. The summed E-state index contributed by atoms with van der Waals surface area (Å²) in [5.41, 5.74) is -0.709. The van der Waals surface area contributed by atoms with Crippen molar-refractivity contribution in [2.75, 3.05) is 18.5 Å². The summed E-state index contributed by atoms with van der Waals surface area (Å²) >= 11 is 0. The first-order chi connectivity index (χ1) is 13.1. The van der Waals surface area contributed by atoms with Gasteiger partial charge in [0.25, 0.3) is 11.8 Å². The number of esters is 1. The van der Waals surface area contributed by atoms with Crippen molar-refractivity contribution in [2.24, 2.45) is 5.92 Å². The summed E-state index contributed by atoms with van der Waals surface area (Å²) in [6, 6.07) is 4.41. The molecule has 1 aromatic carbocycles. The van der Waals surface area contributed by atoms with Crippen LogP contribution in [0.5, 0.6) is 0 Å². The van der Waals surface area contributed by atoms with Gasteiger partial charge in [-0.3, -0.25) is 19.3 Å². The zero-order valence-electron chi connectivity index (χ0n) is 16.1. The Morgan fingerprint density at radius 2 is 1.89 bits per heavy atom. The van der Waals surface area contributed by atoms with Crippen molar-refractivity contribution in [3.63, 3.8) is 0 Å². The number of hydrogen-bond acceptors (Lipinski definition) is 5. The highest BCUT2D eigenvalue weighted by Gasteiger charge is 2.48. The van der Waals surface area contributed by atoms with Crippen molar-refractivity contribution in [1.82, 2.24) is 10.2 Å². The molecule has 1 atom stereocenters. The van der Waals surface area contributed by atoms with Crippen LogP contribution in [0.15, 0.2) is 24.3 Å². The lowest BCUT2D eigenvalue weighted by molar-refractivity contribution is -0.150. The fourth-order valence-electron chi connectivity index (χ4n) is 2.69. The molecule has 2 rings (SSSR count). The standard InChI is InChI=1S/C19H24FN3O5/c1-12(2)8-9-19(3)17(26)23(18(27)22-19)10-16(25)28-11-15(24)21-14-6-4-13(20)5-7-14/h4-7,12H,8-11H2,1-3H3,(H,21,24)(H,22,27)/t19-/m0/s1. The van der Waals surface area contributed by atoms with E-state index in [-0.39, 0.29) is 0 Å². The Balaban J connectivity index is 1.83. The van der Waals surface area contributed by atoms with E-state index in [0.717, 1.165) is 11.3 Å². The first-order valence-corrected chi connectivity index (χ1v) is 8.96. The Bertz CT molecular complexity index is 765. The molecule has 1 aliphatic rings. The molecule has 0 spiro atoms. The van der Waals surface area contributed by atoms with Crippen LogP contribution in [0.1, 0.15) is 33.6 Å². The van der Waals surface area contributed by atoms with Gasteiger partial charge in [0.2, 0.25) is 0 Å². The van der Waals surface area contributed by atoms with Gasteiger partial charge in [-0.1, -0.05) is 13.8 Å². The van der Waals surface area contributed by atoms with Crippen LogP contribution in [-0.4, -0.2) is 47.4 Å². The van der Waals surface area contributed by atoms with E-state index < -0.39 is 48.3 Å². The van der Waals surface area contributed by atoms with Crippen LogP contribution in [-0.2, 0) is 19.1 Å². The molecule has 4 amide bonds. The van der Waals surface area contributed by atoms with E-state index in [2.05, 4.69) is 10.6 Å². The zero-order valence-corrected chi connectivity index (χ0v) is 16.1. The average Bonchev–Trinajstić information content (AvgIpc) is 2.84. The lowest BCUT2D eigenvalue weighted by Gasteiger charge is -2.22. The lowest BCUT2D eigenvalue weighted by Crippen LogP contribution is -2.44. The summed E-state index contributed by atoms with van der Waals surface area (Å²) in [4.78, 5) is 49.1. The summed E-state index contributed by atoms with van der Waals surface area (Å²) in [6.45, 7) is 4.47. The number of benzene rings is 1. The Morgan fingerprint density at radius 1 is 1.25 bits per heavy atom. The number of nitrogens with zero attached hydrogens (tertiary/aromatic N) is 1. The third-order valence-corrected chi connectivity index (χ3v) is 4.35. The number of carbonyl (C=O) groups is 4. The number of anilines is 1. The first kappa shape index (κ1) is 21.3. The second-order valence-electron chi connectivity index (χ2n) is 7.30. The van der Waals surface area contributed by atoms with Gasteiger partial charge in [0.15, 0.2) is 6.61 Å². The second kappa shape index (κ2) is 8.81. The van der Waals surface area contributed by atoms with Gasteiger partial charge < -0.3 is 15.4 Å². The van der Waals surface area contributed by atoms with E-state index in [1.165, 1.54) is 24.3 Å². The van der Waals surface area contributed by atoms with Gasteiger partial charge in [0.1, 0.15) is 17.9 Å². The summed E-state index contributed by atoms with van der Waals surface area (Å²) in [5.74, 6) is -2.09. The summed E-state index contributed by atoms with van der Waals surface area (Å²) in [6.07, 6.45) is 1.20. The van der Waals surface area contributed by atoms with Crippen LogP contribution in [0.2, 0.25) is 0 Å². The predicted molar refractivity (Wildman–Crippen MR) is 98.7 cm³/mol. The molecule has 1 fully saturated rings. The molecule has 0 aliphatic carbocycles. The molecule has 1 aromatic rings. The molecule has 1 aliphatic heterocycles. The Morgan fingerprint density at radius 3 is 2.50 bits per heavy atom. The van der Waals surface area contributed by atoms with Gasteiger partial charge in [-0.2, -0.15) is 0 Å². The molecule has 0 radical (unpaired) electrons. The molecule has 1 saturated heterocycles. The Kier molecular flexibility index (Phi) is 6.71. The third kappa shape index (κ3) is 5.51. The fourth-order valence-corrected chi connectivity index (χ4v) is 2.69. The molecular weight excluding hydrogens is 369 g/mol. The smallest absolute Gasteiger partial charge is 0.326 e. The normalized spacial score (nSPS) is 19.0. The molecule has 152 valence electrons. The summed E-state index contributed by atoms with van der Waals surface area (Å²) < 4.78 is 17.7. The molecule has 0 aromatic heterocycles. The maximum Gasteiger partial charge on any atom is 0.326 e. The molecule has 9 heteroatoms. The molecule has 28 heavy (non-hydrogen) atoms. The van der Waals surface area contributed by atoms with Gasteiger partial charge in [0, 0.05) is 5.69 Å². The molecule has 0 bridgehead atoms. The number of ether oxygens (including phenoxy) is 1. The lowest BCUT2D eigenvalue weighted by atomic mass is 9.92. The van der Waals surface area contributed by atoms with Crippen molar-refractivity contribution in [2.45, 2.75) is 39.2 Å². The topological polar surface area (TPSA) is 105 Å². The maximum atomic E-state index is 12.8. The Hall–Kier alpha value is -2.97. The largest absolute Gasteiger partial charge is 0.454 e. The highest BCUT2D eigenvalue weighted by atomic mass is 19.1. The van der Waals surface area contributed by atoms with Crippen LogP contribution in [0, 0.1) is 11.7 Å². The van der Waals surface area contributed by atoms with Crippen molar-refractivity contribution in [3.8, 4) is 0 Å². The predicted octanol–water partition coefficient (Wildman–Crippen LogP) is 2.05. The number of imide groups is 1. The number of rotatable bonds is 8. The number of urea groups is 1. The van der Waals surface area contributed by atoms with E-state index in [4.69, 9.17) is 4.74 Å². The number of hydrogen-bond donors (Lipinski definition) is 2. The first-order valence-electron chi connectivity index (χ1n) is 8.96. The third-order valence-electron chi connectivity index (χ3n) is 4.35. The van der Waals surface area contributed by atoms with E-state index in [1.54, 1.807) is 6.92 Å². The van der Waals surface area contributed by atoms with E-state index in [9.17, 15) is 23.6 Å². The summed E-state index contributed by atoms with van der Waals surface area (Å²) in [5, 5.41) is 5.05. The van der Waals surface area contributed by atoms with E-state index >= 15 is 0 Å². The van der Waals surface area contributed by atoms with Gasteiger partial charge in [-0.15, -0.1) is 0 Å². The van der Waals surface area contributed by atoms with Gasteiger partial charge >= 0.3 is 12.0 Å². The van der Waals surface area contributed by atoms with E-state index in [0.29, 0.717) is 18.0 Å². The maximum absolute atomic E-state index is 12.8. The average molecular weight is 393 g/mol. The zero-order chi connectivity index (χ0) is 20.9.